The molecule has 1 N–H and O–H groups in total. The van der Waals surface area contributed by atoms with Gasteiger partial charge in [-0.3, -0.25) is 4.99 Å². The summed E-state index contributed by atoms with van der Waals surface area (Å²) in [5.41, 5.74) is 0.877. The van der Waals surface area contributed by atoms with Crippen LogP contribution in [0.4, 0.5) is 0 Å². The molecule has 1 fully saturated rings. The molecule has 3 rings (SSSR count). The zero-order valence-electron chi connectivity index (χ0n) is 16.9. The van der Waals surface area contributed by atoms with E-state index in [-0.39, 0.29) is 24.0 Å². The third kappa shape index (κ3) is 8.10. The number of aromatic nitrogens is 2. The predicted octanol–water partition coefficient (Wildman–Crippen LogP) is 3.87. The Balaban J connectivity index is 0.00000300. The zero-order valence-corrected chi connectivity index (χ0v) is 20.0. The molecule has 0 atom stereocenters. The molecule has 0 amide bonds. The van der Waals surface area contributed by atoms with Gasteiger partial charge in [0, 0.05) is 43.8 Å². The Labute approximate surface area is 194 Å². The number of likely N-dealkylation sites (N-methyl/N-ethyl adjacent to an activating group) is 1. The molecule has 1 aliphatic rings. The minimum absolute atomic E-state index is 0. The van der Waals surface area contributed by atoms with Crippen molar-refractivity contribution in [2.45, 2.75) is 26.2 Å². The number of hydrogen-bond acceptors (Lipinski definition) is 5. The number of aliphatic imine (C=N–C) groups is 1. The lowest BCUT2D eigenvalue weighted by molar-refractivity contribution is 0.115. The molecule has 0 radical (unpaired) electrons. The van der Waals surface area contributed by atoms with E-state index in [1.165, 1.54) is 12.8 Å². The molecule has 9 heteroatoms. The van der Waals surface area contributed by atoms with Crippen LogP contribution in [0.2, 0.25) is 5.02 Å². The highest BCUT2D eigenvalue weighted by Gasteiger charge is 2.21. The van der Waals surface area contributed by atoms with Gasteiger partial charge in [-0.05, 0) is 49.9 Å². The number of rotatable bonds is 10. The van der Waals surface area contributed by atoms with Gasteiger partial charge in [-0.1, -0.05) is 16.8 Å². The first-order valence-electron chi connectivity index (χ1n) is 9.81. The average Bonchev–Trinajstić information content (AvgIpc) is 3.41. The Morgan fingerprint density at radius 1 is 1.34 bits per heavy atom. The fraction of sp³-hybridized carbons (Fsp3) is 0.550. The second kappa shape index (κ2) is 12.3. The van der Waals surface area contributed by atoms with Gasteiger partial charge in [0.1, 0.15) is 0 Å². The maximum atomic E-state index is 5.91. The minimum Gasteiger partial charge on any atom is -0.379 e. The summed E-state index contributed by atoms with van der Waals surface area (Å²) in [7, 11) is 2.02. The van der Waals surface area contributed by atoms with Gasteiger partial charge >= 0.3 is 0 Å². The molecule has 0 aliphatic heterocycles. The Morgan fingerprint density at radius 3 is 2.79 bits per heavy atom. The fourth-order valence-electron chi connectivity index (χ4n) is 2.64. The number of hydrogen-bond donors (Lipinski definition) is 1. The summed E-state index contributed by atoms with van der Waals surface area (Å²) < 4.78 is 11.1. The molecule has 0 unspecified atom stereocenters. The number of nitrogens with one attached hydrogen (secondary N) is 1. The van der Waals surface area contributed by atoms with Gasteiger partial charge in [-0.15, -0.1) is 24.0 Å². The van der Waals surface area contributed by atoms with Crippen molar-refractivity contribution < 1.29 is 9.26 Å². The smallest absolute Gasteiger partial charge is 0.228 e. The van der Waals surface area contributed by atoms with E-state index in [4.69, 9.17) is 20.9 Å². The highest BCUT2D eigenvalue weighted by Crippen LogP contribution is 2.28. The van der Waals surface area contributed by atoms with Gasteiger partial charge in [0.2, 0.25) is 11.7 Å². The maximum absolute atomic E-state index is 5.91. The van der Waals surface area contributed by atoms with Crippen molar-refractivity contribution in [3.63, 3.8) is 0 Å². The summed E-state index contributed by atoms with van der Waals surface area (Å²) in [6.45, 7) is 5.84. The van der Waals surface area contributed by atoms with E-state index in [1.807, 2.05) is 31.3 Å². The Morgan fingerprint density at radius 2 is 2.10 bits per heavy atom. The molecular formula is C20H29ClIN5O2. The lowest BCUT2D eigenvalue weighted by Crippen LogP contribution is -2.40. The average molecular weight is 534 g/mol. The Kier molecular flexibility index (Phi) is 10.2. The quantitative estimate of drug-likeness (QED) is 0.216. The monoisotopic (exact) mass is 533 g/mol. The highest BCUT2D eigenvalue weighted by molar-refractivity contribution is 14.0. The lowest BCUT2D eigenvalue weighted by Gasteiger charge is -2.21. The summed E-state index contributed by atoms with van der Waals surface area (Å²) >= 11 is 5.91. The van der Waals surface area contributed by atoms with E-state index in [2.05, 4.69) is 32.3 Å². The van der Waals surface area contributed by atoms with Gasteiger partial charge in [0.15, 0.2) is 5.96 Å². The third-order valence-corrected chi connectivity index (χ3v) is 4.73. The van der Waals surface area contributed by atoms with Gasteiger partial charge in [0.25, 0.3) is 0 Å². The summed E-state index contributed by atoms with van der Waals surface area (Å²) in [5, 5.41) is 8.02. The second-order valence-corrected chi connectivity index (χ2v) is 7.38. The summed E-state index contributed by atoms with van der Waals surface area (Å²) in [6, 6.07) is 7.37. The molecule has 7 nitrogen and oxygen atoms in total. The molecule has 1 heterocycles. The van der Waals surface area contributed by atoms with Crippen LogP contribution >= 0.6 is 35.6 Å². The van der Waals surface area contributed by atoms with Crippen molar-refractivity contribution >= 4 is 41.5 Å². The summed E-state index contributed by atoms with van der Waals surface area (Å²) in [4.78, 5) is 11.2. The first-order chi connectivity index (χ1) is 13.7. The largest absolute Gasteiger partial charge is 0.379 e. The topological polar surface area (TPSA) is 75.8 Å². The highest BCUT2D eigenvalue weighted by atomic mass is 127. The van der Waals surface area contributed by atoms with Crippen LogP contribution in [-0.2, 0) is 11.2 Å². The summed E-state index contributed by atoms with van der Waals surface area (Å²) in [6.07, 6.45) is 3.21. The van der Waals surface area contributed by atoms with Crippen LogP contribution in [-0.4, -0.2) is 60.9 Å². The molecule has 1 aromatic carbocycles. The molecule has 0 saturated heterocycles. The first kappa shape index (κ1) is 23.9. The van der Waals surface area contributed by atoms with Crippen LogP contribution in [0.5, 0.6) is 0 Å². The van der Waals surface area contributed by atoms with Crippen LogP contribution in [0.1, 0.15) is 25.7 Å². The lowest BCUT2D eigenvalue weighted by atomic mass is 10.2. The van der Waals surface area contributed by atoms with E-state index in [0.29, 0.717) is 36.3 Å². The fourth-order valence-corrected chi connectivity index (χ4v) is 2.77. The van der Waals surface area contributed by atoms with E-state index < -0.39 is 0 Å². The van der Waals surface area contributed by atoms with Crippen molar-refractivity contribution in [3.8, 4) is 11.4 Å². The number of nitrogens with zero attached hydrogens (tertiary/aromatic N) is 4. The van der Waals surface area contributed by atoms with Crippen LogP contribution in [0.25, 0.3) is 11.4 Å². The molecule has 2 aromatic rings. The standard InChI is InChI=1S/C20H28ClN5O2.HI/c1-3-22-20(26(2)12-13-27-14-15-4-5-15)23-11-10-18-24-19(25-28-18)16-6-8-17(21)9-7-16;/h6-9,15H,3-5,10-14H2,1-2H3,(H,22,23);1H. The van der Waals surface area contributed by atoms with Gasteiger partial charge in [-0.25, -0.2) is 0 Å². The predicted molar refractivity (Wildman–Crippen MR) is 126 cm³/mol. The molecule has 1 aromatic heterocycles. The van der Waals surface area contributed by atoms with Gasteiger partial charge in [0.05, 0.1) is 13.2 Å². The minimum atomic E-state index is 0. The first-order valence-corrected chi connectivity index (χ1v) is 10.2. The van der Waals surface area contributed by atoms with Crippen molar-refractivity contribution in [1.29, 1.82) is 0 Å². The Hall–Kier alpha value is -1.39. The maximum Gasteiger partial charge on any atom is 0.228 e. The summed E-state index contributed by atoms with van der Waals surface area (Å²) in [5.74, 6) is 2.78. The van der Waals surface area contributed by atoms with Crippen LogP contribution in [0.15, 0.2) is 33.8 Å². The number of halogens is 2. The van der Waals surface area contributed by atoms with E-state index >= 15 is 0 Å². The van der Waals surface area contributed by atoms with Crippen LogP contribution < -0.4 is 5.32 Å². The van der Waals surface area contributed by atoms with Crippen LogP contribution in [0.3, 0.4) is 0 Å². The number of benzene rings is 1. The molecule has 1 aliphatic carbocycles. The van der Waals surface area contributed by atoms with Gasteiger partial charge in [-0.2, -0.15) is 4.98 Å². The molecule has 29 heavy (non-hydrogen) atoms. The van der Waals surface area contributed by atoms with E-state index in [9.17, 15) is 0 Å². The molecule has 160 valence electrons. The number of ether oxygens (including phenoxy) is 1. The molecule has 0 bridgehead atoms. The Bertz CT molecular complexity index is 764. The van der Waals surface area contributed by atoms with Crippen molar-refractivity contribution in [2.75, 3.05) is 39.9 Å². The zero-order chi connectivity index (χ0) is 19.8. The van der Waals surface area contributed by atoms with Gasteiger partial charge < -0.3 is 19.5 Å². The third-order valence-electron chi connectivity index (χ3n) is 4.48. The van der Waals surface area contributed by atoms with Crippen molar-refractivity contribution in [1.82, 2.24) is 20.4 Å². The molecular weight excluding hydrogens is 505 g/mol. The molecule has 0 spiro atoms. The van der Waals surface area contributed by atoms with E-state index in [1.54, 1.807) is 0 Å². The second-order valence-electron chi connectivity index (χ2n) is 6.94. The van der Waals surface area contributed by atoms with Crippen molar-refractivity contribution in [3.05, 3.63) is 35.2 Å². The van der Waals surface area contributed by atoms with Crippen molar-refractivity contribution in [2.24, 2.45) is 10.9 Å². The van der Waals surface area contributed by atoms with E-state index in [0.717, 1.165) is 37.1 Å². The molecule has 1 saturated carbocycles. The van der Waals surface area contributed by atoms with Crippen LogP contribution in [0, 0.1) is 5.92 Å². The number of guanidine groups is 1. The normalized spacial score (nSPS) is 13.8. The SMILES string of the molecule is CCNC(=NCCc1nc(-c2ccc(Cl)cc2)no1)N(C)CCOCC1CC1.I.